The summed E-state index contributed by atoms with van der Waals surface area (Å²) in [6, 6.07) is 2.27. The standard InChI is InChI=1S/C14H21BrN2O/c1-4-16-9-12(15)8-13(16)14(18)17-6-5-10(2)7-11(17)3/h8-11H,4-7H2,1-3H3. The minimum absolute atomic E-state index is 0.168. The molecule has 100 valence electrons. The lowest BCUT2D eigenvalue weighted by Crippen LogP contribution is -2.44. The highest BCUT2D eigenvalue weighted by Gasteiger charge is 2.28. The van der Waals surface area contributed by atoms with Crippen molar-refractivity contribution in [2.45, 2.75) is 46.2 Å². The summed E-state index contributed by atoms with van der Waals surface area (Å²) in [5, 5.41) is 0. The molecule has 1 aromatic rings. The molecule has 0 saturated carbocycles. The number of aryl methyl sites for hydroxylation is 1. The summed E-state index contributed by atoms with van der Waals surface area (Å²) >= 11 is 3.45. The van der Waals surface area contributed by atoms with E-state index in [2.05, 4.69) is 36.7 Å². The van der Waals surface area contributed by atoms with Gasteiger partial charge in [0.25, 0.3) is 5.91 Å². The molecule has 18 heavy (non-hydrogen) atoms. The Labute approximate surface area is 117 Å². The lowest BCUT2D eigenvalue weighted by molar-refractivity contribution is 0.0578. The number of rotatable bonds is 2. The topological polar surface area (TPSA) is 25.2 Å². The summed E-state index contributed by atoms with van der Waals surface area (Å²) in [6.45, 7) is 8.19. The van der Waals surface area contributed by atoms with E-state index in [0.29, 0.717) is 6.04 Å². The predicted octanol–water partition coefficient (Wildman–Crippen LogP) is 3.53. The van der Waals surface area contributed by atoms with Crippen molar-refractivity contribution in [2.75, 3.05) is 6.54 Å². The summed E-state index contributed by atoms with van der Waals surface area (Å²) in [5.74, 6) is 0.899. The smallest absolute Gasteiger partial charge is 0.270 e. The number of piperidine rings is 1. The predicted molar refractivity (Wildman–Crippen MR) is 76.7 cm³/mol. The molecular weight excluding hydrogens is 292 g/mol. The van der Waals surface area contributed by atoms with Crippen molar-refractivity contribution in [1.29, 1.82) is 0 Å². The van der Waals surface area contributed by atoms with Crippen molar-refractivity contribution in [3.05, 3.63) is 22.4 Å². The summed E-state index contributed by atoms with van der Waals surface area (Å²) in [6.07, 6.45) is 4.20. The lowest BCUT2D eigenvalue weighted by Gasteiger charge is -2.36. The zero-order valence-corrected chi connectivity index (χ0v) is 12.9. The molecule has 0 bridgehead atoms. The van der Waals surface area contributed by atoms with Gasteiger partial charge in [-0.15, -0.1) is 0 Å². The molecule has 3 nitrogen and oxygen atoms in total. The van der Waals surface area contributed by atoms with E-state index in [4.69, 9.17) is 0 Å². The first kappa shape index (κ1) is 13.7. The van der Waals surface area contributed by atoms with Gasteiger partial charge in [-0.25, -0.2) is 0 Å². The zero-order chi connectivity index (χ0) is 13.3. The lowest BCUT2D eigenvalue weighted by atomic mass is 9.93. The second kappa shape index (κ2) is 5.47. The quantitative estimate of drug-likeness (QED) is 0.820. The van der Waals surface area contributed by atoms with E-state index >= 15 is 0 Å². The number of nitrogens with zero attached hydrogens (tertiary/aromatic N) is 2. The van der Waals surface area contributed by atoms with Gasteiger partial charge in [0, 0.05) is 29.8 Å². The van der Waals surface area contributed by atoms with E-state index in [1.165, 1.54) is 0 Å². The van der Waals surface area contributed by atoms with Crippen LogP contribution in [0.3, 0.4) is 0 Å². The molecule has 2 rings (SSSR count). The molecule has 4 heteroatoms. The van der Waals surface area contributed by atoms with Crippen molar-refractivity contribution in [2.24, 2.45) is 5.92 Å². The van der Waals surface area contributed by atoms with Gasteiger partial charge in [-0.2, -0.15) is 0 Å². The summed E-state index contributed by atoms with van der Waals surface area (Å²) in [4.78, 5) is 14.6. The van der Waals surface area contributed by atoms with Gasteiger partial charge >= 0.3 is 0 Å². The van der Waals surface area contributed by atoms with E-state index in [-0.39, 0.29) is 5.91 Å². The Balaban J connectivity index is 2.20. The zero-order valence-electron chi connectivity index (χ0n) is 11.3. The summed E-state index contributed by atoms with van der Waals surface area (Å²) in [5.41, 5.74) is 0.797. The highest BCUT2D eigenvalue weighted by Crippen LogP contribution is 2.25. The molecule has 2 atom stereocenters. The number of halogens is 1. The van der Waals surface area contributed by atoms with Gasteiger partial charge in [-0.05, 0) is 54.6 Å². The van der Waals surface area contributed by atoms with Crippen LogP contribution < -0.4 is 0 Å². The molecule has 1 aromatic heterocycles. The van der Waals surface area contributed by atoms with Crippen molar-refractivity contribution >= 4 is 21.8 Å². The maximum absolute atomic E-state index is 12.6. The Kier molecular flexibility index (Phi) is 4.15. The third-order valence-electron chi connectivity index (χ3n) is 3.82. The first-order valence-corrected chi connectivity index (χ1v) is 7.48. The van der Waals surface area contributed by atoms with Crippen LogP contribution in [-0.2, 0) is 6.54 Å². The van der Waals surface area contributed by atoms with Gasteiger partial charge in [0.2, 0.25) is 0 Å². The van der Waals surface area contributed by atoms with Crippen LogP contribution in [0.25, 0.3) is 0 Å². The number of amides is 1. The van der Waals surface area contributed by atoms with Crippen LogP contribution in [0.5, 0.6) is 0 Å². The normalized spacial score (nSPS) is 24.3. The molecule has 1 aliphatic rings. The van der Waals surface area contributed by atoms with Gasteiger partial charge in [-0.1, -0.05) is 6.92 Å². The average Bonchev–Trinajstić information content (AvgIpc) is 2.69. The second-order valence-electron chi connectivity index (χ2n) is 5.31. The number of carbonyl (C=O) groups excluding carboxylic acids is 1. The number of aromatic nitrogens is 1. The monoisotopic (exact) mass is 312 g/mol. The largest absolute Gasteiger partial charge is 0.343 e. The van der Waals surface area contributed by atoms with Crippen LogP contribution in [0.1, 0.15) is 44.1 Å². The van der Waals surface area contributed by atoms with Crippen molar-refractivity contribution in [3.63, 3.8) is 0 Å². The Bertz CT molecular complexity index is 441. The first-order valence-electron chi connectivity index (χ1n) is 6.69. The Hall–Kier alpha value is -0.770. The van der Waals surface area contributed by atoms with E-state index in [9.17, 15) is 4.79 Å². The molecular formula is C14H21BrN2O. The van der Waals surface area contributed by atoms with Crippen molar-refractivity contribution in [3.8, 4) is 0 Å². The van der Waals surface area contributed by atoms with Crippen LogP contribution in [0.4, 0.5) is 0 Å². The molecule has 2 unspecified atom stereocenters. The van der Waals surface area contributed by atoms with Crippen molar-refractivity contribution in [1.82, 2.24) is 9.47 Å². The highest BCUT2D eigenvalue weighted by atomic mass is 79.9. The fourth-order valence-electron chi connectivity index (χ4n) is 2.77. The Morgan fingerprint density at radius 1 is 1.50 bits per heavy atom. The van der Waals surface area contributed by atoms with E-state index in [1.807, 2.05) is 21.7 Å². The van der Waals surface area contributed by atoms with Gasteiger partial charge in [-0.3, -0.25) is 4.79 Å². The summed E-state index contributed by atoms with van der Waals surface area (Å²) in [7, 11) is 0. The molecule has 0 aromatic carbocycles. The molecule has 2 heterocycles. The highest BCUT2D eigenvalue weighted by molar-refractivity contribution is 9.10. The number of hydrogen-bond donors (Lipinski definition) is 0. The van der Waals surface area contributed by atoms with Crippen LogP contribution >= 0.6 is 15.9 Å². The van der Waals surface area contributed by atoms with E-state index < -0.39 is 0 Å². The third kappa shape index (κ3) is 2.63. The fourth-order valence-corrected chi connectivity index (χ4v) is 3.24. The minimum Gasteiger partial charge on any atom is -0.343 e. The molecule has 0 radical (unpaired) electrons. The SMILES string of the molecule is CCn1cc(Br)cc1C(=O)N1CCC(C)CC1C. The van der Waals surface area contributed by atoms with Crippen molar-refractivity contribution < 1.29 is 4.79 Å². The Morgan fingerprint density at radius 3 is 2.83 bits per heavy atom. The second-order valence-corrected chi connectivity index (χ2v) is 6.22. The van der Waals surface area contributed by atoms with Crippen LogP contribution in [0.2, 0.25) is 0 Å². The maximum Gasteiger partial charge on any atom is 0.270 e. The van der Waals surface area contributed by atoms with Gasteiger partial charge in [0.1, 0.15) is 5.69 Å². The fraction of sp³-hybridized carbons (Fsp3) is 0.643. The van der Waals surface area contributed by atoms with Crippen LogP contribution in [-0.4, -0.2) is 28.0 Å². The molecule has 0 aliphatic carbocycles. The number of likely N-dealkylation sites (tertiary alicyclic amines) is 1. The third-order valence-corrected chi connectivity index (χ3v) is 4.26. The van der Waals surface area contributed by atoms with E-state index in [1.54, 1.807) is 0 Å². The number of carbonyl (C=O) groups is 1. The maximum atomic E-state index is 12.6. The molecule has 1 fully saturated rings. The van der Waals surface area contributed by atoms with Gasteiger partial charge in [0.05, 0.1) is 0 Å². The van der Waals surface area contributed by atoms with E-state index in [0.717, 1.165) is 42.0 Å². The van der Waals surface area contributed by atoms with Gasteiger partial charge < -0.3 is 9.47 Å². The number of hydrogen-bond acceptors (Lipinski definition) is 1. The molecule has 1 amide bonds. The molecule has 0 N–H and O–H groups in total. The van der Waals surface area contributed by atoms with Gasteiger partial charge in [0.15, 0.2) is 0 Å². The minimum atomic E-state index is 0.168. The average molecular weight is 313 g/mol. The van der Waals surface area contributed by atoms with Crippen LogP contribution in [0.15, 0.2) is 16.7 Å². The summed E-state index contributed by atoms with van der Waals surface area (Å²) < 4.78 is 2.99. The molecule has 0 spiro atoms. The molecule has 1 saturated heterocycles. The Morgan fingerprint density at radius 2 is 2.22 bits per heavy atom. The first-order chi connectivity index (χ1) is 8.52. The molecule has 1 aliphatic heterocycles. The van der Waals surface area contributed by atoms with Crippen LogP contribution in [0, 0.1) is 5.92 Å².